The van der Waals surface area contributed by atoms with E-state index in [1.54, 1.807) is 0 Å². The number of nitrogens with one attached hydrogen (secondary N) is 1. The molecule has 1 atom stereocenters. The summed E-state index contributed by atoms with van der Waals surface area (Å²) in [4.78, 5) is 12.4. The van der Waals surface area contributed by atoms with Crippen LogP contribution < -0.4 is 10.1 Å². The summed E-state index contributed by atoms with van der Waals surface area (Å²) < 4.78 is 19.0. The van der Waals surface area contributed by atoms with Gasteiger partial charge in [0.1, 0.15) is 11.6 Å². The van der Waals surface area contributed by atoms with Crippen molar-refractivity contribution in [3.8, 4) is 5.75 Å². The van der Waals surface area contributed by atoms with E-state index in [4.69, 9.17) is 16.3 Å². The molecular formula is C18H19ClFNO2. The largest absolute Gasteiger partial charge is 0.480 e. The maximum absolute atomic E-state index is 13.2. The van der Waals surface area contributed by atoms with E-state index in [9.17, 15) is 9.18 Å². The molecule has 0 aromatic heterocycles. The molecule has 0 aliphatic rings. The highest BCUT2D eigenvalue weighted by atomic mass is 35.5. The second kappa shape index (κ2) is 7.47. The Morgan fingerprint density at radius 1 is 1.30 bits per heavy atom. The zero-order valence-electron chi connectivity index (χ0n) is 13.3. The fourth-order valence-electron chi connectivity index (χ4n) is 2.12. The van der Waals surface area contributed by atoms with Crippen molar-refractivity contribution in [3.05, 3.63) is 58.4 Å². The van der Waals surface area contributed by atoms with Crippen molar-refractivity contribution in [2.24, 2.45) is 0 Å². The summed E-state index contributed by atoms with van der Waals surface area (Å²) >= 11 is 5.72. The molecule has 0 bridgehead atoms. The van der Waals surface area contributed by atoms with Crippen LogP contribution in [-0.4, -0.2) is 12.0 Å². The lowest BCUT2D eigenvalue weighted by atomic mass is 10.1. The Hall–Kier alpha value is -2.07. The minimum atomic E-state index is -0.640. The molecule has 0 radical (unpaired) electrons. The molecule has 23 heavy (non-hydrogen) atoms. The van der Waals surface area contributed by atoms with Crippen molar-refractivity contribution >= 4 is 23.2 Å². The van der Waals surface area contributed by atoms with Gasteiger partial charge in [0.05, 0.1) is 5.02 Å². The predicted octanol–water partition coefficient (Wildman–Crippen LogP) is 4.89. The Balaban J connectivity index is 2.12. The fraction of sp³-hybridized carbons (Fsp3) is 0.278. The molecule has 2 aromatic rings. The van der Waals surface area contributed by atoms with Gasteiger partial charge in [-0.3, -0.25) is 4.79 Å². The van der Waals surface area contributed by atoms with E-state index >= 15 is 0 Å². The molecule has 1 unspecified atom stereocenters. The molecule has 2 aromatic carbocycles. The Kier molecular flexibility index (Phi) is 5.61. The van der Waals surface area contributed by atoms with Crippen molar-refractivity contribution in [1.29, 1.82) is 0 Å². The average molecular weight is 336 g/mol. The lowest BCUT2D eigenvalue weighted by molar-refractivity contribution is -0.122. The summed E-state index contributed by atoms with van der Waals surface area (Å²) in [5.74, 6) is -0.136. The lowest BCUT2D eigenvalue weighted by Crippen LogP contribution is -2.32. The van der Waals surface area contributed by atoms with Crippen LogP contribution in [0.2, 0.25) is 5.02 Å². The molecule has 122 valence electrons. The Morgan fingerprint density at radius 3 is 2.70 bits per heavy atom. The minimum absolute atomic E-state index is 0.0358. The predicted molar refractivity (Wildman–Crippen MR) is 90.7 cm³/mol. The molecule has 0 heterocycles. The zero-order valence-corrected chi connectivity index (χ0v) is 14.1. The monoisotopic (exact) mass is 335 g/mol. The highest BCUT2D eigenvalue weighted by molar-refractivity contribution is 6.31. The number of carbonyl (C=O) groups excluding carboxylic acids is 1. The molecule has 0 saturated carbocycles. The standard InChI is InChI=1S/C18H19ClFNO2/c1-4-16(23-17-7-5-6-11(2)12(17)3)18(22)21-13-8-9-15(20)14(19)10-13/h5-10,16H,4H2,1-3H3,(H,21,22). The number of aryl methyl sites for hydroxylation is 1. The van der Waals surface area contributed by atoms with E-state index in [1.165, 1.54) is 18.2 Å². The van der Waals surface area contributed by atoms with E-state index < -0.39 is 11.9 Å². The van der Waals surface area contributed by atoms with Crippen LogP contribution in [0.4, 0.5) is 10.1 Å². The van der Waals surface area contributed by atoms with Crippen LogP contribution in [0.15, 0.2) is 36.4 Å². The summed E-state index contributed by atoms with van der Waals surface area (Å²) in [7, 11) is 0. The van der Waals surface area contributed by atoms with Gasteiger partial charge in [0.25, 0.3) is 5.91 Å². The summed E-state index contributed by atoms with van der Waals surface area (Å²) in [5.41, 5.74) is 2.54. The molecule has 5 heteroatoms. The van der Waals surface area contributed by atoms with E-state index in [2.05, 4.69) is 5.32 Å². The smallest absolute Gasteiger partial charge is 0.265 e. The summed E-state index contributed by atoms with van der Waals surface area (Å²) in [5, 5.41) is 2.66. The Labute approximate surface area is 140 Å². The number of halogens is 2. The van der Waals surface area contributed by atoms with Crippen molar-refractivity contribution in [1.82, 2.24) is 0 Å². The van der Waals surface area contributed by atoms with Crippen molar-refractivity contribution < 1.29 is 13.9 Å². The first kappa shape index (κ1) is 17.3. The summed E-state index contributed by atoms with van der Waals surface area (Å²) in [6.07, 6.45) is -0.131. The first-order valence-corrected chi connectivity index (χ1v) is 7.79. The van der Waals surface area contributed by atoms with Crippen LogP contribution in [0.1, 0.15) is 24.5 Å². The fourth-order valence-corrected chi connectivity index (χ4v) is 2.30. The third kappa shape index (κ3) is 4.23. The van der Waals surface area contributed by atoms with Gasteiger partial charge in [-0.1, -0.05) is 30.7 Å². The van der Waals surface area contributed by atoms with Gasteiger partial charge in [-0.05, 0) is 55.7 Å². The van der Waals surface area contributed by atoms with Crippen molar-refractivity contribution in [2.75, 3.05) is 5.32 Å². The number of hydrogen-bond donors (Lipinski definition) is 1. The van der Waals surface area contributed by atoms with Gasteiger partial charge in [-0.25, -0.2) is 4.39 Å². The third-order valence-corrected chi connectivity index (χ3v) is 3.96. The highest BCUT2D eigenvalue weighted by Crippen LogP contribution is 2.24. The van der Waals surface area contributed by atoms with E-state index in [0.29, 0.717) is 17.9 Å². The van der Waals surface area contributed by atoms with Crippen LogP contribution in [0, 0.1) is 19.7 Å². The van der Waals surface area contributed by atoms with E-state index in [0.717, 1.165) is 11.1 Å². The Bertz CT molecular complexity index is 718. The first-order valence-electron chi connectivity index (χ1n) is 7.41. The molecular weight excluding hydrogens is 317 g/mol. The molecule has 1 amide bonds. The maximum atomic E-state index is 13.2. The molecule has 0 spiro atoms. The number of ether oxygens (including phenoxy) is 1. The third-order valence-electron chi connectivity index (χ3n) is 3.67. The molecule has 0 aliphatic heterocycles. The van der Waals surface area contributed by atoms with Gasteiger partial charge in [0.15, 0.2) is 6.10 Å². The summed E-state index contributed by atoms with van der Waals surface area (Å²) in [6, 6.07) is 9.77. The van der Waals surface area contributed by atoms with Crippen LogP contribution >= 0.6 is 11.6 Å². The van der Waals surface area contributed by atoms with Gasteiger partial charge in [0.2, 0.25) is 0 Å². The number of benzene rings is 2. The number of hydrogen-bond acceptors (Lipinski definition) is 2. The number of anilines is 1. The quantitative estimate of drug-likeness (QED) is 0.844. The van der Waals surface area contributed by atoms with E-state index in [1.807, 2.05) is 39.0 Å². The SMILES string of the molecule is CCC(Oc1cccc(C)c1C)C(=O)Nc1ccc(F)c(Cl)c1. The van der Waals surface area contributed by atoms with Gasteiger partial charge in [0, 0.05) is 5.69 Å². The molecule has 1 N–H and O–H groups in total. The second-order valence-corrected chi connectivity index (χ2v) is 5.74. The minimum Gasteiger partial charge on any atom is -0.480 e. The van der Waals surface area contributed by atoms with Crippen LogP contribution in [-0.2, 0) is 4.79 Å². The van der Waals surface area contributed by atoms with E-state index in [-0.39, 0.29) is 10.9 Å². The second-order valence-electron chi connectivity index (χ2n) is 5.33. The van der Waals surface area contributed by atoms with Gasteiger partial charge >= 0.3 is 0 Å². The lowest BCUT2D eigenvalue weighted by Gasteiger charge is -2.19. The molecule has 0 aliphatic carbocycles. The van der Waals surface area contributed by atoms with Gasteiger partial charge < -0.3 is 10.1 Å². The normalized spacial score (nSPS) is 11.9. The number of carbonyl (C=O) groups is 1. The average Bonchev–Trinajstić information content (AvgIpc) is 2.52. The topological polar surface area (TPSA) is 38.3 Å². The van der Waals surface area contributed by atoms with Crippen molar-refractivity contribution in [3.63, 3.8) is 0 Å². The van der Waals surface area contributed by atoms with Gasteiger partial charge in [-0.2, -0.15) is 0 Å². The van der Waals surface area contributed by atoms with Crippen LogP contribution in [0.5, 0.6) is 5.75 Å². The van der Waals surface area contributed by atoms with Crippen LogP contribution in [0.25, 0.3) is 0 Å². The van der Waals surface area contributed by atoms with Crippen molar-refractivity contribution in [2.45, 2.75) is 33.3 Å². The first-order chi connectivity index (χ1) is 10.9. The number of amides is 1. The molecule has 0 saturated heterocycles. The molecule has 2 rings (SSSR count). The number of rotatable bonds is 5. The molecule has 3 nitrogen and oxygen atoms in total. The van der Waals surface area contributed by atoms with Crippen LogP contribution in [0.3, 0.4) is 0 Å². The zero-order chi connectivity index (χ0) is 17.0. The highest BCUT2D eigenvalue weighted by Gasteiger charge is 2.20. The summed E-state index contributed by atoms with van der Waals surface area (Å²) in [6.45, 7) is 5.81. The maximum Gasteiger partial charge on any atom is 0.265 e. The molecule has 0 fully saturated rings. The van der Waals surface area contributed by atoms with Gasteiger partial charge in [-0.15, -0.1) is 0 Å². The Morgan fingerprint density at radius 2 is 2.04 bits per heavy atom.